The number of hydrogen-bond acceptors (Lipinski definition) is 4. The maximum Gasteiger partial charge on any atom is 0.343 e. The first-order valence-corrected chi connectivity index (χ1v) is 8.55. The number of hydrogen-bond donors (Lipinski definition) is 1. The van der Waals surface area contributed by atoms with E-state index in [0.29, 0.717) is 12.1 Å². The van der Waals surface area contributed by atoms with Gasteiger partial charge in [-0.15, -0.1) is 0 Å². The van der Waals surface area contributed by atoms with Gasteiger partial charge in [0, 0.05) is 18.3 Å². The van der Waals surface area contributed by atoms with Crippen LogP contribution < -0.4 is 0 Å². The van der Waals surface area contributed by atoms with Gasteiger partial charge in [-0.1, -0.05) is 43.2 Å². The third-order valence-corrected chi connectivity index (χ3v) is 4.96. The van der Waals surface area contributed by atoms with Crippen LogP contribution in [0.3, 0.4) is 0 Å². The standard InChI is InChI=1S/C19H24N2O3/c1-15-20-11-12-21(15)13-14-24-18(22)19(23,17-9-5-6-10-17)16-7-3-2-4-8-16/h2-4,7-8,11-12,17,23H,5-6,9-10,13-14H2,1H3. The zero-order chi connectivity index (χ0) is 17.0. The Balaban J connectivity index is 1.73. The van der Waals surface area contributed by atoms with Crippen LogP contribution in [0.1, 0.15) is 37.1 Å². The number of aliphatic hydroxyl groups is 1. The average Bonchev–Trinajstić information content (AvgIpc) is 3.27. The minimum atomic E-state index is -1.55. The van der Waals surface area contributed by atoms with E-state index in [1.54, 1.807) is 18.3 Å². The van der Waals surface area contributed by atoms with Crippen LogP contribution in [0.4, 0.5) is 0 Å². The Morgan fingerprint density at radius 2 is 2.04 bits per heavy atom. The highest BCUT2D eigenvalue weighted by atomic mass is 16.5. The number of carbonyl (C=O) groups excluding carboxylic acids is 1. The van der Waals surface area contributed by atoms with Crippen LogP contribution in [0.5, 0.6) is 0 Å². The third-order valence-electron chi connectivity index (χ3n) is 4.96. The molecule has 1 aliphatic carbocycles. The van der Waals surface area contributed by atoms with Crippen LogP contribution in [-0.4, -0.2) is 27.2 Å². The van der Waals surface area contributed by atoms with Crippen LogP contribution in [-0.2, 0) is 21.7 Å². The Bertz CT molecular complexity index is 677. The second-order valence-electron chi connectivity index (χ2n) is 6.42. The number of ether oxygens (including phenoxy) is 1. The summed E-state index contributed by atoms with van der Waals surface area (Å²) < 4.78 is 7.39. The Kier molecular flexibility index (Phi) is 5.00. The number of benzene rings is 1. The van der Waals surface area contributed by atoms with Gasteiger partial charge in [0.25, 0.3) is 0 Å². The molecule has 2 aromatic rings. The van der Waals surface area contributed by atoms with Crippen LogP contribution in [0.2, 0.25) is 0 Å². The van der Waals surface area contributed by atoms with Gasteiger partial charge in [0.15, 0.2) is 5.60 Å². The van der Waals surface area contributed by atoms with E-state index in [9.17, 15) is 9.90 Å². The lowest BCUT2D eigenvalue weighted by Gasteiger charge is -2.32. The first kappa shape index (κ1) is 16.7. The van der Waals surface area contributed by atoms with E-state index < -0.39 is 11.6 Å². The van der Waals surface area contributed by atoms with Gasteiger partial charge >= 0.3 is 5.97 Å². The SMILES string of the molecule is Cc1nccn1CCOC(=O)C(O)(c1ccccc1)C1CCCC1. The van der Waals surface area contributed by atoms with Crippen molar-refractivity contribution in [2.24, 2.45) is 5.92 Å². The molecule has 0 aliphatic heterocycles. The van der Waals surface area contributed by atoms with Crippen LogP contribution in [0, 0.1) is 12.8 Å². The second kappa shape index (κ2) is 7.18. The van der Waals surface area contributed by atoms with Gasteiger partial charge in [-0.05, 0) is 25.3 Å². The molecule has 0 amide bonds. The van der Waals surface area contributed by atoms with Gasteiger partial charge in [0.1, 0.15) is 12.4 Å². The number of aromatic nitrogens is 2. The number of imidazole rings is 1. The first-order valence-electron chi connectivity index (χ1n) is 8.55. The zero-order valence-corrected chi connectivity index (χ0v) is 14.0. The molecule has 24 heavy (non-hydrogen) atoms. The Hall–Kier alpha value is -2.14. The lowest BCUT2D eigenvalue weighted by molar-refractivity contribution is -0.174. The first-order chi connectivity index (χ1) is 11.6. The molecule has 1 aliphatic rings. The summed E-state index contributed by atoms with van der Waals surface area (Å²) in [5.41, 5.74) is -0.928. The van der Waals surface area contributed by atoms with E-state index in [2.05, 4.69) is 4.98 Å². The molecular formula is C19H24N2O3. The smallest absolute Gasteiger partial charge is 0.343 e. The molecule has 1 saturated carbocycles. The summed E-state index contributed by atoms with van der Waals surface area (Å²) in [6.07, 6.45) is 7.35. The summed E-state index contributed by atoms with van der Waals surface area (Å²) in [7, 11) is 0. The molecular weight excluding hydrogens is 304 g/mol. The van der Waals surface area contributed by atoms with Crippen molar-refractivity contribution >= 4 is 5.97 Å². The summed E-state index contributed by atoms with van der Waals surface area (Å²) in [6.45, 7) is 2.66. The number of nitrogens with zero attached hydrogens (tertiary/aromatic N) is 2. The predicted octanol–water partition coefficient (Wildman–Crippen LogP) is 2.81. The van der Waals surface area contributed by atoms with Crippen molar-refractivity contribution in [3.05, 3.63) is 54.1 Å². The summed E-state index contributed by atoms with van der Waals surface area (Å²) >= 11 is 0. The summed E-state index contributed by atoms with van der Waals surface area (Å²) in [5, 5.41) is 11.3. The summed E-state index contributed by atoms with van der Waals surface area (Å²) in [4.78, 5) is 16.9. The lowest BCUT2D eigenvalue weighted by Crippen LogP contribution is -2.43. The second-order valence-corrected chi connectivity index (χ2v) is 6.42. The van der Waals surface area contributed by atoms with Crippen molar-refractivity contribution in [3.8, 4) is 0 Å². The minimum Gasteiger partial charge on any atom is -0.461 e. The van der Waals surface area contributed by atoms with E-state index in [-0.39, 0.29) is 12.5 Å². The van der Waals surface area contributed by atoms with E-state index in [0.717, 1.165) is 31.5 Å². The number of esters is 1. The molecule has 0 saturated heterocycles. The maximum absolute atomic E-state index is 12.8. The fourth-order valence-electron chi connectivity index (χ4n) is 3.54. The fraction of sp³-hybridized carbons (Fsp3) is 0.474. The Morgan fingerprint density at radius 1 is 1.33 bits per heavy atom. The Morgan fingerprint density at radius 3 is 2.67 bits per heavy atom. The molecule has 1 aromatic heterocycles. The maximum atomic E-state index is 12.8. The highest BCUT2D eigenvalue weighted by Gasteiger charge is 2.47. The van der Waals surface area contributed by atoms with Crippen molar-refractivity contribution in [1.29, 1.82) is 0 Å². The van der Waals surface area contributed by atoms with Gasteiger partial charge in [0.05, 0.1) is 6.54 Å². The lowest BCUT2D eigenvalue weighted by atomic mass is 9.80. The molecule has 1 unspecified atom stereocenters. The third kappa shape index (κ3) is 3.22. The largest absolute Gasteiger partial charge is 0.461 e. The van der Waals surface area contributed by atoms with Crippen LogP contribution in [0.25, 0.3) is 0 Å². The molecule has 1 fully saturated rings. The Labute approximate surface area is 142 Å². The van der Waals surface area contributed by atoms with Gasteiger partial charge in [-0.2, -0.15) is 0 Å². The number of rotatable bonds is 6. The molecule has 3 rings (SSSR count). The highest BCUT2D eigenvalue weighted by molar-refractivity contribution is 5.81. The van der Waals surface area contributed by atoms with Crippen LogP contribution in [0.15, 0.2) is 42.7 Å². The molecule has 0 spiro atoms. The number of carbonyl (C=O) groups is 1. The summed E-state index contributed by atoms with van der Waals surface area (Å²) in [5.74, 6) is 0.251. The highest BCUT2D eigenvalue weighted by Crippen LogP contribution is 2.41. The molecule has 1 atom stereocenters. The van der Waals surface area contributed by atoms with Crippen molar-refractivity contribution in [2.45, 2.75) is 44.8 Å². The van der Waals surface area contributed by atoms with E-state index in [1.165, 1.54) is 0 Å². The van der Waals surface area contributed by atoms with E-state index in [1.807, 2.05) is 35.9 Å². The molecule has 0 bridgehead atoms. The van der Waals surface area contributed by atoms with Gasteiger partial charge < -0.3 is 14.4 Å². The fourth-order valence-corrected chi connectivity index (χ4v) is 3.54. The minimum absolute atomic E-state index is 0.0811. The predicted molar refractivity (Wildman–Crippen MR) is 90.2 cm³/mol. The molecule has 0 radical (unpaired) electrons. The van der Waals surface area contributed by atoms with Gasteiger partial charge in [-0.25, -0.2) is 9.78 Å². The van der Waals surface area contributed by atoms with Crippen molar-refractivity contribution < 1.29 is 14.6 Å². The van der Waals surface area contributed by atoms with Crippen molar-refractivity contribution in [1.82, 2.24) is 9.55 Å². The normalized spacial score (nSPS) is 17.6. The average molecular weight is 328 g/mol. The van der Waals surface area contributed by atoms with E-state index >= 15 is 0 Å². The van der Waals surface area contributed by atoms with Crippen molar-refractivity contribution in [3.63, 3.8) is 0 Å². The summed E-state index contributed by atoms with van der Waals surface area (Å²) in [6, 6.07) is 9.18. The van der Waals surface area contributed by atoms with Crippen LogP contribution >= 0.6 is 0 Å². The quantitative estimate of drug-likeness (QED) is 0.828. The monoisotopic (exact) mass is 328 g/mol. The number of aryl methyl sites for hydroxylation is 1. The molecule has 5 heteroatoms. The molecule has 128 valence electrons. The molecule has 5 nitrogen and oxygen atoms in total. The molecule has 1 heterocycles. The van der Waals surface area contributed by atoms with E-state index in [4.69, 9.17) is 4.74 Å². The van der Waals surface area contributed by atoms with Crippen molar-refractivity contribution in [2.75, 3.05) is 6.61 Å². The topological polar surface area (TPSA) is 64.4 Å². The molecule has 1 N–H and O–H groups in total. The van der Waals surface area contributed by atoms with Gasteiger partial charge in [0.2, 0.25) is 0 Å². The zero-order valence-electron chi connectivity index (χ0n) is 14.0. The molecule has 1 aromatic carbocycles. The van der Waals surface area contributed by atoms with Gasteiger partial charge in [-0.3, -0.25) is 0 Å².